The minimum absolute atomic E-state index is 0.140. The van der Waals surface area contributed by atoms with Crippen molar-refractivity contribution < 1.29 is 4.79 Å². The van der Waals surface area contributed by atoms with E-state index in [9.17, 15) is 4.79 Å². The van der Waals surface area contributed by atoms with E-state index in [0.29, 0.717) is 19.0 Å². The first-order valence-corrected chi connectivity index (χ1v) is 7.21. The van der Waals surface area contributed by atoms with Crippen molar-refractivity contribution in [1.82, 2.24) is 15.6 Å². The van der Waals surface area contributed by atoms with Crippen LogP contribution < -0.4 is 10.6 Å². The fraction of sp³-hybridized carbons (Fsp3) is 0.294. The standard InChI is InChI=1S/C17H21N3O/c1-14(16-7-3-2-4-8-16)9-11-19-17(21)20-13-15-6-5-10-18-12-15/h2-8,10,12,14H,9,11,13H2,1H3,(H2,19,20,21)/t14-/m0/s1. The summed E-state index contributed by atoms with van der Waals surface area (Å²) in [4.78, 5) is 15.7. The van der Waals surface area contributed by atoms with Crippen molar-refractivity contribution in [1.29, 1.82) is 0 Å². The highest BCUT2D eigenvalue weighted by Gasteiger charge is 2.06. The lowest BCUT2D eigenvalue weighted by atomic mass is 9.98. The van der Waals surface area contributed by atoms with Crippen LogP contribution in [0.15, 0.2) is 54.9 Å². The van der Waals surface area contributed by atoms with Crippen molar-refractivity contribution in [2.24, 2.45) is 0 Å². The van der Waals surface area contributed by atoms with Crippen molar-refractivity contribution in [3.8, 4) is 0 Å². The van der Waals surface area contributed by atoms with Crippen LogP contribution in [0.3, 0.4) is 0 Å². The molecule has 0 aliphatic rings. The van der Waals surface area contributed by atoms with Crippen molar-refractivity contribution in [2.45, 2.75) is 25.8 Å². The van der Waals surface area contributed by atoms with E-state index in [1.54, 1.807) is 12.4 Å². The first-order valence-electron chi connectivity index (χ1n) is 7.21. The molecule has 0 radical (unpaired) electrons. The van der Waals surface area contributed by atoms with Gasteiger partial charge in [0.2, 0.25) is 0 Å². The van der Waals surface area contributed by atoms with Crippen LogP contribution in [0.25, 0.3) is 0 Å². The van der Waals surface area contributed by atoms with Crippen molar-refractivity contribution in [3.63, 3.8) is 0 Å². The Morgan fingerprint density at radius 2 is 1.95 bits per heavy atom. The minimum Gasteiger partial charge on any atom is -0.338 e. The summed E-state index contributed by atoms with van der Waals surface area (Å²) in [6.45, 7) is 3.33. The molecule has 21 heavy (non-hydrogen) atoms. The van der Waals surface area contributed by atoms with E-state index in [1.165, 1.54) is 5.56 Å². The zero-order valence-corrected chi connectivity index (χ0v) is 12.3. The van der Waals surface area contributed by atoms with Gasteiger partial charge in [-0.2, -0.15) is 0 Å². The molecule has 4 nitrogen and oxygen atoms in total. The fourth-order valence-electron chi connectivity index (χ4n) is 2.10. The third kappa shape index (κ3) is 5.26. The number of aromatic nitrogens is 1. The lowest BCUT2D eigenvalue weighted by Gasteiger charge is -2.13. The molecule has 1 aromatic heterocycles. The Morgan fingerprint density at radius 1 is 1.14 bits per heavy atom. The van der Waals surface area contributed by atoms with E-state index in [4.69, 9.17) is 0 Å². The molecule has 0 unspecified atom stereocenters. The number of nitrogens with zero attached hydrogens (tertiary/aromatic N) is 1. The first kappa shape index (κ1) is 15.0. The molecule has 110 valence electrons. The Balaban J connectivity index is 1.65. The smallest absolute Gasteiger partial charge is 0.315 e. The number of amides is 2. The summed E-state index contributed by atoms with van der Waals surface area (Å²) in [5.74, 6) is 0.435. The van der Waals surface area contributed by atoms with Gasteiger partial charge in [-0.1, -0.05) is 43.3 Å². The van der Waals surface area contributed by atoms with Crippen LogP contribution in [0.5, 0.6) is 0 Å². The van der Waals surface area contributed by atoms with E-state index in [0.717, 1.165) is 12.0 Å². The van der Waals surface area contributed by atoms with Crippen LogP contribution >= 0.6 is 0 Å². The van der Waals surface area contributed by atoms with Gasteiger partial charge in [-0.15, -0.1) is 0 Å². The monoisotopic (exact) mass is 283 g/mol. The predicted molar refractivity (Wildman–Crippen MR) is 83.9 cm³/mol. The first-order chi connectivity index (χ1) is 10.3. The second-order valence-corrected chi connectivity index (χ2v) is 5.07. The number of rotatable bonds is 6. The van der Waals surface area contributed by atoms with Gasteiger partial charge >= 0.3 is 6.03 Å². The molecule has 2 N–H and O–H groups in total. The second-order valence-electron chi connectivity index (χ2n) is 5.07. The van der Waals surface area contributed by atoms with Gasteiger partial charge in [0, 0.05) is 25.5 Å². The molecule has 0 fully saturated rings. The molecule has 0 saturated heterocycles. The third-order valence-corrected chi connectivity index (χ3v) is 3.41. The van der Waals surface area contributed by atoms with Gasteiger partial charge in [0.1, 0.15) is 0 Å². The summed E-state index contributed by atoms with van der Waals surface area (Å²) in [7, 11) is 0. The van der Waals surface area contributed by atoms with Crippen LogP contribution in [0.2, 0.25) is 0 Å². The zero-order chi connectivity index (χ0) is 14.9. The summed E-state index contributed by atoms with van der Waals surface area (Å²) in [5, 5.41) is 5.71. The van der Waals surface area contributed by atoms with E-state index in [-0.39, 0.29) is 6.03 Å². The molecule has 1 atom stereocenters. The molecule has 0 aliphatic heterocycles. The minimum atomic E-state index is -0.140. The molecule has 1 aromatic carbocycles. The molecule has 0 saturated carbocycles. The molecular weight excluding hydrogens is 262 g/mol. The summed E-state index contributed by atoms with van der Waals surface area (Å²) in [6, 6.07) is 14.0. The number of carbonyl (C=O) groups excluding carboxylic acids is 1. The Morgan fingerprint density at radius 3 is 2.67 bits per heavy atom. The van der Waals surface area contributed by atoms with Gasteiger partial charge in [0.05, 0.1) is 0 Å². The molecule has 2 amide bonds. The summed E-state index contributed by atoms with van der Waals surface area (Å²) in [6.07, 6.45) is 4.39. The maximum Gasteiger partial charge on any atom is 0.315 e. The molecule has 1 heterocycles. The van der Waals surface area contributed by atoms with Gasteiger partial charge in [-0.3, -0.25) is 4.98 Å². The van der Waals surface area contributed by atoms with E-state index in [1.807, 2.05) is 30.3 Å². The van der Waals surface area contributed by atoms with Crippen LogP contribution in [-0.4, -0.2) is 17.6 Å². The molecule has 4 heteroatoms. The average molecular weight is 283 g/mol. The topological polar surface area (TPSA) is 54.0 Å². The lowest BCUT2D eigenvalue weighted by molar-refractivity contribution is 0.240. The van der Waals surface area contributed by atoms with Gasteiger partial charge in [-0.05, 0) is 29.5 Å². The van der Waals surface area contributed by atoms with Crippen molar-refractivity contribution >= 4 is 6.03 Å². The molecule has 2 rings (SSSR count). The summed E-state index contributed by atoms with van der Waals surface area (Å²) < 4.78 is 0. The van der Waals surface area contributed by atoms with Crippen molar-refractivity contribution in [2.75, 3.05) is 6.54 Å². The lowest BCUT2D eigenvalue weighted by Crippen LogP contribution is -2.35. The number of benzene rings is 1. The fourth-order valence-corrected chi connectivity index (χ4v) is 2.10. The Labute approximate surface area is 125 Å². The number of hydrogen-bond donors (Lipinski definition) is 2. The van der Waals surface area contributed by atoms with E-state index < -0.39 is 0 Å². The average Bonchev–Trinajstić information content (AvgIpc) is 2.54. The quantitative estimate of drug-likeness (QED) is 0.856. The zero-order valence-electron chi connectivity index (χ0n) is 12.3. The maximum absolute atomic E-state index is 11.7. The molecule has 2 aromatic rings. The molecule has 0 aliphatic carbocycles. The van der Waals surface area contributed by atoms with Gasteiger partial charge in [-0.25, -0.2) is 4.79 Å². The number of hydrogen-bond acceptors (Lipinski definition) is 2. The number of nitrogens with one attached hydrogen (secondary N) is 2. The Bertz CT molecular complexity index is 542. The second kappa shape index (κ2) is 8.04. The Kier molecular flexibility index (Phi) is 5.76. The van der Waals surface area contributed by atoms with Crippen LogP contribution in [0.1, 0.15) is 30.4 Å². The highest BCUT2D eigenvalue weighted by Crippen LogP contribution is 2.17. The van der Waals surface area contributed by atoms with E-state index in [2.05, 4.69) is 34.7 Å². The maximum atomic E-state index is 11.7. The summed E-state index contributed by atoms with van der Waals surface area (Å²) >= 11 is 0. The highest BCUT2D eigenvalue weighted by molar-refractivity contribution is 5.73. The SMILES string of the molecule is C[C@@H](CCNC(=O)NCc1cccnc1)c1ccccc1. The number of urea groups is 1. The molecule has 0 spiro atoms. The molecule has 0 bridgehead atoms. The normalized spacial score (nSPS) is 11.7. The largest absolute Gasteiger partial charge is 0.338 e. The highest BCUT2D eigenvalue weighted by atomic mass is 16.2. The number of pyridine rings is 1. The van der Waals surface area contributed by atoms with Crippen molar-refractivity contribution in [3.05, 3.63) is 66.0 Å². The van der Waals surface area contributed by atoms with Gasteiger partial charge < -0.3 is 10.6 Å². The molecular formula is C17H21N3O. The third-order valence-electron chi connectivity index (χ3n) is 3.41. The van der Waals surface area contributed by atoms with Crippen LogP contribution in [-0.2, 0) is 6.54 Å². The predicted octanol–water partition coefficient (Wildman–Crippen LogP) is 3.07. The number of carbonyl (C=O) groups is 1. The van der Waals surface area contributed by atoms with Crippen LogP contribution in [0.4, 0.5) is 4.79 Å². The Hall–Kier alpha value is -2.36. The van der Waals surface area contributed by atoms with Gasteiger partial charge in [0.15, 0.2) is 0 Å². The van der Waals surface area contributed by atoms with Gasteiger partial charge in [0.25, 0.3) is 0 Å². The van der Waals surface area contributed by atoms with Crippen LogP contribution in [0, 0.1) is 0 Å². The van der Waals surface area contributed by atoms with E-state index >= 15 is 0 Å². The summed E-state index contributed by atoms with van der Waals surface area (Å²) in [5.41, 5.74) is 2.29.